The molecule has 0 fully saturated rings. The van der Waals surface area contributed by atoms with Crippen LogP contribution >= 0.6 is 0 Å². The number of urea groups is 1. The third-order valence-electron chi connectivity index (χ3n) is 1.99. The first kappa shape index (κ1) is 12.7. The van der Waals surface area contributed by atoms with Crippen LogP contribution in [0.1, 0.15) is 5.56 Å². The maximum absolute atomic E-state index is 10.5. The lowest BCUT2D eigenvalue weighted by atomic mass is 10.2. The average molecular weight is 239 g/mol. The number of hydrogen-bond donors (Lipinski definition) is 3. The summed E-state index contributed by atoms with van der Waals surface area (Å²) in [5.74, 6) is 0.543. The smallest absolute Gasteiger partial charge is 0.312 e. The van der Waals surface area contributed by atoms with Crippen molar-refractivity contribution in [3.63, 3.8) is 0 Å². The van der Waals surface area contributed by atoms with Crippen LogP contribution in [-0.2, 0) is 0 Å². The number of rotatable bonds is 5. The molecule has 0 saturated carbocycles. The lowest BCUT2D eigenvalue weighted by Gasteiger charge is -2.07. The fourth-order valence-corrected chi connectivity index (χ4v) is 1.21. The summed E-state index contributed by atoms with van der Waals surface area (Å²) >= 11 is 0. The molecule has 92 valence electrons. The minimum Gasteiger partial charge on any atom is -0.368 e. The van der Waals surface area contributed by atoms with Gasteiger partial charge in [0, 0.05) is 19.2 Å². The molecule has 0 aliphatic rings. The van der Waals surface area contributed by atoms with Crippen molar-refractivity contribution in [3.8, 4) is 0 Å². The number of nitrogens with one attached hydrogen (secondary N) is 2. The van der Waals surface area contributed by atoms with E-state index in [1.165, 1.54) is 12.3 Å². The molecule has 0 saturated heterocycles. The van der Waals surface area contributed by atoms with Crippen molar-refractivity contribution >= 4 is 17.5 Å². The first-order valence-corrected chi connectivity index (χ1v) is 4.89. The molecular formula is C9H13N5O3. The number of amides is 2. The Hall–Kier alpha value is -2.38. The third-order valence-corrected chi connectivity index (χ3v) is 1.99. The molecule has 0 bridgehead atoms. The highest BCUT2D eigenvalue weighted by molar-refractivity contribution is 5.71. The normalized spacial score (nSPS) is 9.71. The van der Waals surface area contributed by atoms with Crippen LogP contribution < -0.4 is 16.4 Å². The minimum atomic E-state index is -0.597. The van der Waals surface area contributed by atoms with Gasteiger partial charge in [-0.15, -0.1) is 0 Å². The van der Waals surface area contributed by atoms with Crippen LogP contribution in [0.4, 0.5) is 16.3 Å². The monoisotopic (exact) mass is 239 g/mol. The van der Waals surface area contributed by atoms with Crippen LogP contribution in [0, 0.1) is 17.0 Å². The molecule has 0 unspecified atom stereocenters. The molecule has 0 radical (unpaired) electrons. The van der Waals surface area contributed by atoms with Crippen LogP contribution in [0.25, 0.3) is 0 Å². The Morgan fingerprint density at radius 2 is 2.29 bits per heavy atom. The molecule has 1 rings (SSSR count). The molecule has 0 aliphatic carbocycles. The van der Waals surface area contributed by atoms with E-state index in [0.717, 1.165) is 0 Å². The van der Waals surface area contributed by atoms with Crippen molar-refractivity contribution in [2.45, 2.75) is 6.92 Å². The highest BCUT2D eigenvalue weighted by Crippen LogP contribution is 2.17. The van der Waals surface area contributed by atoms with Gasteiger partial charge in [0.25, 0.3) is 5.69 Å². The number of nitrogens with two attached hydrogens (primary N) is 1. The quantitative estimate of drug-likeness (QED) is 0.389. The number of carbonyl (C=O) groups excluding carboxylic acids is 1. The van der Waals surface area contributed by atoms with Gasteiger partial charge in [0.2, 0.25) is 0 Å². The van der Waals surface area contributed by atoms with E-state index in [-0.39, 0.29) is 5.69 Å². The maximum Gasteiger partial charge on any atom is 0.312 e. The van der Waals surface area contributed by atoms with Gasteiger partial charge in [-0.1, -0.05) is 0 Å². The van der Waals surface area contributed by atoms with Crippen molar-refractivity contribution in [2.75, 3.05) is 18.4 Å². The number of nitrogens with zero attached hydrogens (tertiary/aromatic N) is 2. The lowest BCUT2D eigenvalue weighted by Crippen LogP contribution is -2.33. The first-order valence-electron chi connectivity index (χ1n) is 4.89. The Labute approximate surface area is 97.4 Å². The molecule has 17 heavy (non-hydrogen) atoms. The van der Waals surface area contributed by atoms with E-state index < -0.39 is 11.0 Å². The zero-order chi connectivity index (χ0) is 12.8. The SMILES string of the molecule is Cc1cc([N+](=O)[O-])cnc1NCCNC(N)=O. The lowest BCUT2D eigenvalue weighted by molar-refractivity contribution is -0.385. The largest absolute Gasteiger partial charge is 0.368 e. The highest BCUT2D eigenvalue weighted by Gasteiger charge is 2.08. The van der Waals surface area contributed by atoms with Gasteiger partial charge >= 0.3 is 6.03 Å². The first-order chi connectivity index (χ1) is 8.00. The number of pyridine rings is 1. The van der Waals surface area contributed by atoms with E-state index in [9.17, 15) is 14.9 Å². The molecule has 0 aromatic carbocycles. The molecule has 2 amide bonds. The Morgan fingerprint density at radius 1 is 1.59 bits per heavy atom. The number of nitro groups is 1. The van der Waals surface area contributed by atoms with Crippen molar-refractivity contribution < 1.29 is 9.72 Å². The number of carbonyl (C=O) groups is 1. The molecule has 0 atom stereocenters. The topological polar surface area (TPSA) is 123 Å². The summed E-state index contributed by atoms with van der Waals surface area (Å²) in [6, 6.07) is 0.830. The van der Waals surface area contributed by atoms with Gasteiger partial charge in [0.1, 0.15) is 12.0 Å². The molecule has 8 heteroatoms. The number of aryl methyl sites for hydroxylation is 1. The molecule has 8 nitrogen and oxygen atoms in total. The minimum absolute atomic E-state index is 0.0525. The molecule has 1 heterocycles. The highest BCUT2D eigenvalue weighted by atomic mass is 16.6. The van der Waals surface area contributed by atoms with E-state index in [4.69, 9.17) is 5.73 Å². The molecule has 0 spiro atoms. The van der Waals surface area contributed by atoms with Crippen molar-refractivity contribution in [3.05, 3.63) is 27.9 Å². The predicted molar refractivity (Wildman–Crippen MR) is 61.7 cm³/mol. The summed E-state index contributed by atoms with van der Waals surface area (Å²) in [6.07, 6.45) is 1.18. The molecule has 1 aromatic heterocycles. The van der Waals surface area contributed by atoms with Gasteiger partial charge in [-0.05, 0) is 12.5 Å². The fraction of sp³-hybridized carbons (Fsp3) is 0.333. The van der Waals surface area contributed by atoms with Crippen molar-refractivity contribution in [1.82, 2.24) is 10.3 Å². The van der Waals surface area contributed by atoms with E-state index in [1.807, 2.05) is 0 Å². The van der Waals surface area contributed by atoms with Crippen LogP contribution in [0.15, 0.2) is 12.3 Å². The van der Waals surface area contributed by atoms with E-state index >= 15 is 0 Å². The van der Waals surface area contributed by atoms with Gasteiger partial charge in [-0.25, -0.2) is 9.78 Å². The van der Waals surface area contributed by atoms with Crippen LogP contribution in [0.2, 0.25) is 0 Å². The second-order valence-corrected chi connectivity index (χ2v) is 3.33. The summed E-state index contributed by atoms with van der Waals surface area (Å²) in [5, 5.41) is 15.8. The number of hydrogen-bond acceptors (Lipinski definition) is 5. The Kier molecular flexibility index (Phi) is 4.21. The third kappa shape index (κ3) is 3.93. The zero-order valence-corrected chi connectivity index (χ0v) is 9.27. The van der Waals surface area contributed by atoms with Gasteiger partial charge in [0.15, 0.2) is 0 Å². The maximum atomic E-state index is 10.5. The van der Waals surface area contributed by atoms with E-state index in [1.54, 1.807) is 6.92 Å². The predicted octanol–water partition coefficient (Wildman–Crippen LogP) is 0.378. The standard InChI is InChI=1S/C9H13N5O3/c1-6-4-7(14(16)17)5-13-8(6)11-2-3-12-9(10)15/h4-5H,2-3H2,1H3,(H,11,13)(H3,10,12,15). The van der Waals surface area contributed by atoms with Crippen LogP contribution in [0.3, 0.4) is 0 Å². The number of aromatic nitrogens is 1. The van der Waals surface area contributed by atoms with Gasteiger partial charge in [-0.3, -0.25) is 10.1 Å². The summed E-state index contributed by atoms with van der Waals surface area (Å²) in [6.45, 7) is 2.51. The van der Waals surface area contributed by atoms with E-state index in [2.05, 4.69) is 15.6 Å². The second-order valence-electron chi connectivity index (χ2n) is 3.33. The van der Waals surface area contributed by atoms with Gasteiger partial charge < -0.3 is 16.4 Å². The Bertz CT molecular complexity index is 435. The fourth-order valence-electron chi connectivity index (χ4n) is 1.21. The van der Waals surface area contributed by atoms with E-state index in [0.29, 0.717) is 24.5 Å². The molecule has 4 N–H and O–H groups in total. The Morgan fingerprint density at radius 3 is 2.82 bits per heavy atom. The summed E-state index contributed by atoms with van der Waals surface area (Å²) in [4.78, 5) is 24.3. The molecular weight excluding hydrogens is 226 g/mol. The summed E-state index contributed by atoms with van der Waals surface area (Å²) < 4.78 is 0. The molecule has 0 aliphatic heterocycles. The summed E-state index contributed by atoms with van der Waals surface area (Å²) in [5.41, 5.74) is 5.50. The molecule has 1 aromatic rings. The average Bonchev–Trinajstić information content (AvgIpc) is 2.25. The van der Waals surface area contributed by atoms with Crippen LogP contribution in [0.5, 0.6) is 0 Å². The van der Waals surface area contributed by atoms with Gasteiger partial charge in [0.05, 0.1) is 4.92 Å². The summed E-state index contributed by atoms with van der Waals surface area (Å²) in [7, 11) is 0. The van der Waals surface area contributed by atoms with Gasteiger partial charge in [-0.2, -0.15) is 0 Å². The van der Waals surface area contributed by atoms with Crippen molar-refractivity contribution in [2.24, 2.45) is 5.73 Å². The number of anilines is 1. The zero-order valence-electron chi connectivity index (χ0n) is 9.27. The van der Waals surface area contributed by atoms with Crippen molar-refractivity contribution in [1.29, 1.82) is 0 Å². The second kappa shape index (κ2) is 5.64. The number of primary amides is 1. The Balaban J connectivity index is 2.54. The van der Waals surface area contributed by atoms with Crippen LogP contribution in [-0.4, -0.2) is 29.0 Å².